The molecular weight excluding hydrogens is 312 g/mol. The molecule has 0 bridgehead atoms. The molecule has 2 aromatic rings. The van der Waals surface area contributed by atoms with Gasteiger partial charge < -0.3 is 4.74 Å². The van der Waals surface area contributed by atoms with Crippen molar-refractivity contribution < 1.29 is 13.2 Å². The maximum atomic E-state index is 12.9. The third-order valence-electron chi connectivity index (χ3n) is 3.86. The zero-order chi connectivity index (χ0) is 17.3. The molecule has 2 rings (SSSR count). The van der Waals surface area contributed by atoms with Gasteiger partial charge in [0.1, 0.15) is 10.6 Å². The molecule has 0 fully saturated rings. The van der Waals surface area contributed by atoms with E-state index >= 15 is 0 Å². The molecule has 0 aliphatic rings. The normalized spacial score (nSPS) is 12.2. The number of hydrogen-bond acceptors (Lipinski definition) is 4. The van der Waals surface area contributed by atoms with E-state index in [0.717, 1.165) is 16.7 Å². The minimum atomic E-state index is -3.74. The summed E-state index contributed by atoms with van der Waals surface area (Å²) in [4.78, 5) is 4.11. The minimum absolute atomic E-state index is 0.144. The topological polar surface area (TPSA) is 68.3 Å². The molecule has 1 aromatic carbocycles. The predicted molar refractivity (Wildman–Crippen MR) is 90.1 cm³/mol. The number of nitrogens with one attached hydrogen (secondary N) is 1. The van der Waals surface area contributed by atoms with Crippen LogP contribution in [0.15, 0.2) is 41.6 Å². The third kappa shape index (κ3) is 3.71. The van der Waals surface area contributed by atoms with Gasteiger partial charge in [-0.05, 0) is 68.7 Å². The van der Waals surface area contributed by atoms with E-state index in [1.165, 1.54) is 7.11 Å². The quantitative estimate of drug-likeness (QED) is 0.913. The minimum Gasteiger partial charge on any atom is -0.495 e. The lowest BCUT2D eigenvalue weighted by Gasteiger charge is -2.27. The van der Waals surface area contributed by atoms with Gasteiger partial charge in [0.05, 0.1) is 12.6 Å². The van der Waals surface area contributed by atoms with Gasteiger partial charge >= 0.3 is 0 Å². The van der Waals surface area contributed by atoms with E-state index in [1.807, 2.05) is 27.7 Å². The number of aromatic nitrogens is 1. The molecule has 6 heteroatoms. The number of rotatable bonds is 5. The van der Waals surface area contributed by atoms with Crippen LogP contribution in [0.5, 0.6) is 5.75 Å². The molecule has 0 saturated heterocycles. The summed E-state index contributed by atoms with van der Waals surface area (Å²) in [5.74, 6) is 0.339. The van der Waals surface area contributed by atoms with Crippen LogP contribution in [0.2, 0.25) is 0 Å². The van der Waals surface area contributed by atoms with E-state index in [-0.39, 0.29) is 4.90 Å². The first-order valence-electron chi connectivity index (χ1n) is 7.27. The van der Waals surface area contributed by atoms with Crippen LogP contribution < -0.4 is 9.46 Å². The van der Waals surface area contributed by atoms with Gasteiger partial charge in [-0.25, -0.2) is 13.1 Å². The second-order valence-corrected chi connectivity index (χ2v) is 7.70. The van der Waals surface area contributed by atoms with Gasteiger partial charge in [-0.3, -0.25) is 4.98 Å². The van der Waals surface area contributed by atoms with Gasteiger partial charge in [-0.15, -0.1) is 0 Å². The Kier molecular flexibility index (Phi) is 4.77. The summed E-state index contributed by atoms with van der Waals surface area (Å²) >= 11 is 0. The number of ether oxygens (including phenoxy) is 1. The lowest BCUT2D eigenvalue weighted by atomic mass is 9.97. The van der Waals surface area contributed by atoms with Crippen LogP contribution in [0.1, 0.15) is 30.5 Å². The molecular formula is C17H22N2O3S. The number of aryl methyl sites for hydroxylation is 2. The van der Waals surface area contributed by atoms with Crippen molar-refractivity contribution in [2.24, 2.45) is 0 Å². The first-order chi connectivity index (χ1) is 10.7. The Labute approximate surface area is 137 Å². The molecule has 1 aromatic heterocycles. The van der Waals surface area contributed by atoms with Crippen LogP contribution >= 0.6 is 0 Å². The van der Waals surface area contributed by atoms with Gasteiger partial charge in [0.15, 0.2) is 0 Å². The number of benzene rings is 1. The van der Waals surface area contributed by atoms with Crippen molar-refractivity contribution >= 4 is 10.0 Å². The van der Waals surface area contributed by atoms with E-state index in [4.69, 9.17) is 4.74 Å². The van der Waals surface area contributed by atoms with E-state index in [1.54, 1.807) is 36.7 Å². The number of hydrogen-bond donors (Lipinski definition) is 1. The lowest BCUT2D eigenvalue weighted by Crippen LogP contribution is -2.41. The van der Waals surface area contributed by atoms with Crippen LogP contribution in [0.25, 0.3) is 0 Å². The Bertz CT molecular complexity index is 800. The second-order valence-electron chi connectivity index (χ2n) is 6.05. The molecule has 0 aliphatic carbocycles. The number of nitrogens with zero attached hydrogens (tertiary/aromatic N) is 1. The fourth-order valence-electron chi connectivity index (χ4n) is 2.35. The monoisotopic (exact) mass is 334 g/mol. The fraction of sp³-hybridized carbons (Fsp3) is 0.353. The molecule has 1 N–H and O–H groups in total. The molecule has 0 amide bonds. The number of pyridine rings is 1. The maximum Gasteiger partial charge on any atom is 0.245 e. The Morgan fingerprint density at radius 1 is 1.09 bits per heavy atom. The summed E-state index contributed by atoms with van der Waals surface area (Å²) < 4.78 is 33.7. The highest BCUT2D eigenvalue weighted by Gasteiger charge is 2.30. The molecule has 0 saturated carbocycles. The van der Waals surface area contributed by atoms with E-state index in [9.17, 15) is 8.42 Å². The zero-order valence-corrected chi connectivity index (χ0v) is 14.9. The van der Waals surface area contributed by atoms with Crippen molar-refractivity contribution in [3.05, 3.63) is 53.3 Å². The van der Waals surface area contributed by atoms with Gasteiger partial charge in [0.2, 0.25) is 10.0 Å². The van der Waals surface area contributed by atoms with Crippen molar-refractivity contribution in [2.75, 3.05) is 7.11 Å². The Morgan fingerprint density at radius 3 is 2.22 bits per heavy atom. The van der Waals surface area contributed by atoms with E-state index in [0.29, 0.717) is 5.75 Å². The SMILES string of the molecule is COc1cc(C)c(C)cc1S(=O)(=O)NC(C)(C)c1ccncc1. The Morgan fingerprint density at radius 2 is 1.65 bits per heavy atom. The first-order valence-corrected chi connectivity index (χ1v) is 8.75. The van der Waals surface area contributed by atoms with Crippen molar-refractivity contribution in [3.63, 3.8) is 0 Å². The highest BCUT2D eigenvalue weighted by molar-refractivity contribution is 7.89. The molecule has 0 atom stereocenters. The highest BCUT2D eigenvalue weighted by atomic mass is 32.2. The van der Waals surface area contributed by atoms with Crippen LogP contribution in [0.4, 0.5) is 0 Å². The fourth-order valence-corrected chi connectivity index (χ4v) is 3.99. The largest absolute Gasteiger partial charge is 0.495 e. The summed E-state index contributed by atoms with van der Waals surface area (Å²) in [6.07, 6.45) is 3.28. The average molecular weight is 334 g/mol. The predicted octanol–water partition coefficient (Wildman–Crippen LogP) is 2.92. The van der Waals surface area contributed by atoms with Crippen molar-refractivity contribution in [3.8, 4) is 5.75 Å². The molecule has 23 heavy (non-hydrogen) atoms. The van der Waals surface area contributed by atoms with Gasteiger partial charge in [0.25, 0.3) is 0 Å². The summed E-state index contributed by atoms with van der Waals surface area (Å²) in [5.41, 5.74) is 1.94. The average Bonchev–Trinajstić information content (AvgIpc) is 2.49. The summed E-state index contributed by atoms with van der Waals surface area (Å²) in [6, 6.07) is 6.96. The smallest absolute Gasteiger partial charge is 0.245 e. The maximum absolute atomic E-state index is 12.9. The van der Waals surface area contributed by atoms with Crippen LogP contribution in [0, 0.1) is 13.8 Å². The molecule has 1 heterocycles. The summed E-state index contributed by atoms with van der Waals surface area (Å²) in [7, 11) is -2.27. The second kappa shape index (κ2) is 6.29. The van der Waals surface area contributed by atoms with Gasteiger partial charge in [-0.1, -0.05) is 0 Å². The standard InChI is InChI=1S/C17H22N2O3S/c1-12-10-15(22-5)16(11-13(12)2)23(20,21)19-17(3,4)14-6-8-18-9-7-14/h6-11,19H,1-5H3. The number of sulfonamides is 1. The van der Waals surface area contributed by atoms with Crippen LogP contribution in [-0.4, -0.2) is 20.5 Å². The van der Waals surface area contributed by atoms with Crippen molar-refractivity contribution in [1.82, 2.24) is 9.71 Å². The van der Waals surface area contributed by atoms with Gasteiger partial charge in [-0.2, -0.15) is 0 Å². The lowest BCUT2D eigenvalue weighted by molar-refractivity contribution is 0.400. The Balaban J connectivity index is 2.46. The van der Waals surface area contributed by atoms with Crippen molar-refractivity contribution in [2.45, 2.75) is 38.1 Å². The number of methoxy groups -OCH3 is 1. The third-order valence-corrected chi connectivity index (χ3v) is 5.54. The highest BCUT2D eigenvalue weighted by Crippen LogP contribution is 2.30. The molecule has 124 valence electrons. The molecule has 0 spiro atoms. The van der Waals surface area contributed by atoms with Crippen molar-refractivity contribution in [1.29, 1.82) is 0 Å². The molecule has 0 aliphatic heterocycles. The summed E-state index contributed by atoms with van der Waals surface area (Å²) in [5, 5.41) is 0. The van der Waals surface area contributed by atoms with Crippen LogP contribution in [-0.2, 0) is 15.6 Å². The van der Waals surface area contributed by atoms with E-state index < -0.39 is 15.6 Å². The molecule has 5 nitrogen and oxygen atoms in total. The van der Waals surface area contributed by atoms with E-state index in [2.05, 4.69) is 9.71 Å². The first kappa shape index (κ1) is 17.4. The zero-order valence-electron chi connectivity index (χ0n) is 14.0. The van der Waals surface area contributed by atoms with Gasteiger partial charge in [0, 0.05) is 12.4 Å². The van der Waals surface area contributed by atoms with Crippen LogP contribution in [0.3, 0.4) is 0 Å². The molecule has 0 radical (unpaired) electrons. The Hall–Kier alpha value is -1.92. The summed E-state index contributed by atoms with van der Waals surface area (Å²) in [6.45, 7) is 7.42. The molecule has 0 unspecified atom stereocenters.